The van der Waals surface area contributed by atoms with Crippen molar-refractivity contribution in [3.63, 3.8) is 0 Å². The number of halogens is 1. The predicted octanol–water partition coefficient (Wildman–Crippen LogP) is 1.72. The summed E-state index contributed by atoms with van der Waals surface area (Å²) in [6, 6.07) is 6.73. The molecule has 0 saturated heterocycles. The Balaban J connectivity index is 1.88. The Kier molecular flexibility index (Phi) is 2.65. The lowest BCUT2D eigenvalue weighted by molar-refractivity contribution is 0.599. The maximum Gasteiger partial charge on any atom is 0.123 e. The maximum absolute atomic E-state index is 13.1. The van der Waals surface area contributed by atoms with E-state index in [-0.39, 0.29) is 5.82 Å². The van der Waals surface area contributed by atoms with E-state index in [1.165, 1.54) is 11.8 Å². The number of nitrogens with one attached hydrogen (secondary N) is 1. The van der Waals surface area contributed by atoms with Crippen LogP contribution in [0.5, 0.6) is 0 Å². The summed E-state index contributed by atoms with van der Waals surface area (Å²) >= 11 is 0. The van der Waals surface area contributed by atoms with Gasteiger partial charge in [0.2, 0.25) is 0 Å². The van der Waals surface area contributed by atoms with Gasteiger partial charge in [-0.2, -0.15) is 0 Å². The molecule has 0 bridgehead atoms. The molecule has 0 aliphatic carbocycles. The number of imidazole rings is 1. The van der Waals surface area contributed by atoms with Crippen LogP contribution in [-0.2, 0) is 19.5 Å². The highest BCUT2D eigenvalue weighted by molar-refractivity contribution is 5.21. The SMILES string of the molecule is Fc1cccc(Cn2cnc3c2CCNC3)c1. The first-order valence-corrected chi connectivity index (χ1v) is 5.81. The molecule has 4 heteroatoms. The molecule has 1 aromatic carbocycles. The summed E-state index contributed by atoms with van der Waals surface area (Å²) in [5, 5.41) is 3.29. The monoisotopic (exact) mass is 231 g/mol. The lowest BCUT2D eigenvalue weighted by Crippen LogP contribution is -2.25. The van der Waals surface area contributed by atoms with Gasteiger partial charge in [0.05, 0.1) is 12.0 Å². The quantitative estimate of drug-likeness (QED) is 0.852. The highest BCUT2D eigenvalue weighted by atomic mass is 19.1. The molecule has 88 valence electrons. The number of rotatable bonds is 2. The van der Waals surface area contributed by atoms with Crippen LogP contribution in [0.15, 0.2) is 30.6 Å². The van der Waals surface area contributed by atoms with Crippen LogP contribution in [0.1, 0.15) is 17.0 Å². The van der Waals surface area contributed by atoms with Crippen molar-refractivity contribution < 1.29 is 4.39 Å². The van der Waals surface area contributed by atoms with Crippen molar-refractivity contribution in [2.45, 2.75) is 19.5 Å². The number of hydrogen-bond donors (Lipinski definition) is 1. The van der Waals surface area contributed by atoms with Gasteiger partial charge in [0.25, 0.3) is 0 Å². The number of fused-ring (bicyclic) bond motifs is 1. The van der Waals surface area contributed by atoms with Gasteiger partial charge < -0.3 is 9.88 Å². The normalized spacial score (nSPS) is 14.6. The molecule has 2 aromatic rings. The van der Waals surface area contributed by atoms with E-state index >= 15 is 0 Å². The van der Waals surface area contributed by atoms with Gasteiger partial charge in [0.1, 0.15) is 5.82 Å². The first-order valence-electron chi connectivity index (χ1n) is 5.81. The van der Waals surface area contributed by atoms with Crippen LogP contribution in [-0.4, -0.2) is 16.1 Å². The Morgan fingerprint density at radius 2 is 2.35 bits per heavy atom. The van der Waals surface area contributed by atoms with Crippen molar-refractivity contribution in [2.75, 3.05) is 6.54 Å². The highest BCUT2D eigenvalue weighted by Gasteiger charge is 2.14. The molecule has 0 unspecified atom stereocenters. The van der Waals surface area contributed by atoms with Crippen LogP contribution in [0.3, 0.4) is 0 Å². The molecule has 0 fully saturated rings. The van der Waals surface area contributed by atoms with Gasteiger partial charge in [-0.15, -0.1) is 0 Å². The summed E-state index contributed by atoms with van der Waals surface area (Å²) < 4.78 is 15.2. The average molecular weight is 231 g/mol. The van der Waals surface area contributed by atoms with Crippen LogP contribution >= 0.6 is 0 Å². The molecule has 0 spiro atoms. The van der Waals surface area contributed by atoms with Gasteiger partial charge in [0, 0.05) is 31.7 Å². The standard InChI is InChI=1S/C13H14FN3/c14-11-3-1-2-10(6-11)8-17-9-16-12-7-15-5-4-13(12)17/h1-3,6,9,15H,4-5,7-8H2. The van der Waals surface area contributed by atoms with Gasteiger partial charge >= 0.3 is 0 Å². The maximum atomic E-state index is 13.1. The Bertz CT molecular complexity index is 533. The van der Waals surface area contributed by atoms with Crippen LogP contribution in [0.2, 0.25) is 0 Å². The molecule has 3 rings (SSSR count). The van der Waals surface area contributed by atoms with Crippen LogP contribution in [0.25, 0.3) is 0 Å². The Hall–Kier alpha value is -1.68. The molecule has 1 aliphatic heterocycles. The summed E-state index contributed by atoms with van der Waals surface area (Å²) in [5.74, 6) is -0.182. The van der Waals surface area contributed by atoms with E-state index in [4.69, 9.17) is 0 Å². The first kappa shape index (κ1) is 10.5. The Labute approximate surface area is 99.3 Å². The number of aromatic nitrogens is 2. The summed E-state index contributed by atoms with van der Waals surface area (Å²) in [6.45, 7) is 2.52. The smallest absolute Gasteiger partial charge is 0.123 e. The summed E-state index contributed by atoms with van der Waals surface area (Å²) in [4.78, 5) is 4.38. The van der Waals surface area contributed by atoms with Crippen LogP contribution < -0.4 is 5.32 Å². The van der Waals surface area contributed by atoms with Crippen molar-refractivity contribution in [3.8, 4) is 0 Å². The van der Waals surface area contributed by atoms with Crippen molar-refractivity contribution in [1.29, 1.82) is 0 Å². The molecule has 1 N–H and O–H groups in total. The fraction of sp³-hybridized carbons (Fsp3) is 0.308. The second-order valence-electron chi connectivity index (χ2n) is 4.32. The second kappa shape index (κ2) is 4.30. The summed E-state index contributed by atoms with van der Waals surface area (Å²) in [5.41, 5.74) is 3.37. The molecule has 0 amide bonds. The minimum atomic E-state index is -0.182. The molecule has 1 aromatic heterocycles. The summed E-state index contributed by atoms with van der Waals surface area (Å²) in [6.07, 6.45) is 2.84. The first-order chi connectivity index (χ1) is 8.33. The third-order valence-corrected chi connectivity index (χ3v) is 3.11. The zero-order chi connectivity index (χ0) is 11.7. The van der Waals surface area contributed by atoms with Crippen molar-refractivity contribution >= 4 is 0 Å². The third-order valence-electron chi connectivity index (χ3n) is 3.11. The molecule has 3 nitrogen and oxygen atoms in total. The van der Waals surface area contributed by atoms with Gasteiger partial charge in [-0.3, -0.25) is 0 Å². The van der Waals surface area contributed by atoms with Crippen molar-refractivity contribution in [2.24, 2.45) is 0 Å². The van der Waals surface area contributed by atoms with Gasteiger partial charge in [-0.25, -0.2) is 9.37 Å². The average Bonchev–Trinajstić information content (AvgIpc) is 2.73. The largest absolute Gasteiger partial charge is 0.330 e. The van der Waals surface area contributed by atoms with E-state index < -0.39 is 0 Å². The molecule has 0 atom stereocenters. The predicted molar refractivity (Wildman–Crippen MR) is 63.1 cm³/mol. The van der Waals surface area contributed by atoms with Gasteiger partial charge in [0.15, 0.2) is 0 Å². The van der Waals surface area contributed by atoms with Gasteiger partial charge in [-0.1, -0.05) is 12.1 Å². The van der Waals surface area contributed by atoms with Crippen LogP contribution in [0, 0.1) is 5.82 Å². The Morgan fingerprint density at radius 3 is 3.24 bits per heavy atom. The fourth-order valence-electron chi connectivity index (χ4n) is 2.27. The molecular formula is C13H14FN3. The van der Waals surface area contributed by atoms with E-state index in [1.807, 2.05) is 12.4 Å². The van der Waals surface area contributed by atoms with E-state index in [2.05, 4.69) is 14.9 Å². The minimum Gasteiger partial charge on any atom is -0.330 e. The topological polar surface area (TPSA) is 29.9 Å². The molecule has 0 saturated carbocycles. The Morgan fingerprint density at radius 1 is 1.41 bits per heavy atom. The van der Waals surface area contributed by atoms with E-state index in [0.29, 0.717) is 6.54 Å². The minimum absolute atomic E-state index is 0.182. The fourth-order valence-corrected chi connectivity index (χ4v) is 2.27. The zero-order valence-corrected chi connectivity index (χ0v) is 9.49. The molecule has 0 radical (unpaired) electrons. The zero-order valence-electron chi connectivity index (χ0n) is 9.49. The second-order valence-corrected chi connectivity index (χ2v) is 4.32. The molecule has 17 heavy (non-hydrogen) atoms. The highest BCUT2D eigenvalue weighted by Crippen LogP contribution is 2.14. The lowest BCUT2D eigenvalue weighted by atomic mass is 10.1. The van der Waals surface area contributed by atoms with Gasteiger partial charge in [-0.05, 0) is 17.7 Å². The molecule has 2 heterocycles. The van der Waals surface area contributed by atoms with E-state index in [9.17, 15) is 4.39 Å². The molecule has 1 aliphatic rings. The molecular weight excluding hydrogens is 217 g/mol. The lowest BCUT2D eigenvalue weighted by Gasteiger charge is -2.15. The van der Waals surface area contributed by atoms with Crippen molar-refractivity contribution in [3.05, 3.63) is 53.4 Å². The summed E-state index contributed by atoms with van der Waals surface area (Å²) in [7, 11) is 0. The third kappa shape index (κ3) is 2.08. The van der Waals surface area contributed by atoms with E-state index in [0.717, 1.165) is 30.8 Å². The van der Waals surface area contributed by atoms with E-state index in [1.54, 1.807) is 12.1 Å². The number of nitrogens with zero attached hydrogens (tertiary/aromatic N) is 2. The number of hydrogen-bond acceptors (Lipinski definition) is 2. The number of benzene rings is 1. The van der Waals surface area contributed by atoms with Crippen LogP contribution in [0.4, 0.5) is 4.39 Å². The van der Waals surface area contributed by atoms with Crippen molar-refractivity contribution in [1.82, 2.24) is 14.9 Å².